The highest BCUT2D eigenvalue weighted by Gasteiger charge is 2.43. The number of para-hydroxylation sites is 1. The van der Waals surface area contributed by atoms with E-state index in [1.165, 1.54) is 56.3 Å². The second kappa shape index (κ2) is 9.38. The fraction of sp³-hybridized carbons (Fsp3) is 0.231. The lowest BCUT2D eigenvalue weighted by Gasteiger charge is -2.45. The molecule has 8 rings (SSSR count). The largest absolute Gasteiger partial charge is 0.344 e. The van der Waals surface area contributed by atoms with Crippen molar-refractivity contribution in [2.24, 2.45) is 5.92 Å². The van der Waals surface area contributed by atoms with Crippen molar-refractivity contribution in [3.8, 4) is 0 Å². The number of hydrogen-bond donors (Lipinski definition) is 0. The van der Waals surface area contributed by atoms with Crippen molar-refractivity contribution >= 4 is 28.8 Å². The second-order valence-corrected chi connectivity index (χ2v) is 12.3. The molecule has 0 aromatic heterocycles. The van der Waals surface area contributed by atoms with E-state index in [0.29, 0.717) is 17.8 Å². The third kappa shape index (κ3) is 3.84. The maximum absolute atomic E-state index is 2.59. The summed E-state index contributed by atoms with van der Waals surface area (Å²) in [6, 6.07) is 31.7. The highest BCUT2D eigenvalue weighted by molar-refractivity contribution is 5.83. The van der Waals surface area contributed by atoms with E-state index >= 15 is 0 Å². The van der Waals surface area contributed by atoms with Crippen molar-refractivity contribution in [3.63, 3.8) is 0 Å². The summed E-state index contributed by atoms with van der Waals surface area (Å²) in [6.45, 7) is 7.83. The van der Waals surface area contributed by atoms with Gasteiger partial charge in [0.2, 0.25) is 0 Å². The molecule has 4 aromatic rings. The minimum absolute atomic E-state index is 0.363. The lowest BCUT2D eigenvalue weighted by molar-refractivity contribution is 0.529. The number of allylic oxidation sites excluding steroid dienone is 4. The Bertz CT molecular complexity index is 1710. The minimum Gasteiger partial charge on any atom is -0.344 e. The van der Waals surface area contributed by atoms with Crippen LogP contribution in [0.3, 0.4) is 0 Å². The highest BCUT2D eigenvalue weighted by Crippen LogP contribution is 2.57. The molecule has 0 N–H and O–H groups in total. The van der Waals surface area contributed by atoms with Crippen LogP contribution in [0.4, 0.5) is 22.7 Å². The number of aryl methyl sites for hydroxylation is 2. The predicted octanol–water partition coefficient (Wildman–Crippen LogP) is 9.89. The Morgan fingerprint density at radius 1 is 0.756 bits per heavy atom. The molecule has 0 spiro atoms. The summed E-state index contributed by atoms with van der Waals surface area (Å²) in [7, 11) is 0. The molecule has 1 aliphatic heterocycles. The Morgan fingerprint density at radius 2 is 1.46 bits per heavy atom. The number of nitrogens with zero attached hydrogens (tertiary/aromatic N) is 2. The smallest absolute Gasteiger partial charge is 0.0499 e. The molecule has 0 saturated carbocycles. The van der Waals surface area contributed by atoms with Crippen LogP contribution in [-0.2, 0) is 6.42 Å². The molecule has 2 nitrogen and oxygen atoms in total. The first-order valence-electron chi connectivity index (χ1n) is 15.1. The van der Waals surface area contributed by atoms with Crippen LogP contribution in [-0.4, -0.2) is 6.54 Å². The van der Waals surface area contributed by atoms with Gasteiger partial charge in [0.15, 0.2) is 0 Å². The van der Waals surface area contributed by atoms with E-state index in [0.717, 1.165) is 19.4 Å². The van der Waals surface area contributed by atoms with Gasteiger partial charge < -0.3 is 9.80 Å². The van der Waals surface area contributed by atoms with Crippen LogP contribution in [0.5, 0.6) is 0 Å². The minimum atomic E-state index is 0.363. The van der Waals surface area contributed by atoms with Crippen molar-refractivity contribution in [3.05, 3.63) is 148 Å². The quantitative estimate of drug-likeness (QED) is 0.258. The molecule has 3 aliphatic carbocycles. The van der Waals surface area contributed by atoms with E-state index in [1.807, 2.05) is 0 Å². The number of fused-ring (bicyclic) bond motifs is 1. The van der Waals surface area contributed by atoms with Gasteiger partial charge in [-0.15, -0.1) is 0 Å². The van der Waals surface area contributed by atoms with Gasteiger partial charge in [0.25, 0.3) is 0 Å². The number of benzene rings is 4. The third-order valence-electron chi connectivity index (χ3n) is 9.72. The number of hydrogen-bond acceptors (Lipinski definition) is 2. The van der Waals surface area contributed by atoms with Crippen LogP contribution >= 0.6 is 0 Å². The summed E-state index contributed by atoms with van der Waals surface area (Å²) >= 11 is 0. The molecule has 4 aromatic carbocycles. The molecule has 3 atom stereocenters. The van der Waals surface area contributed by atoms with Gasteiger partial charge in [0.1, 0.15) is 0 Å². The van der Waals surface area contributed by atoms with Gasteiger partial charge in [-0.1, -0.05) is 90.4 Å². The maximum Gasteiger partial charge on any atom is 0.0499 e. The maximum atomic E-state index is 2.59. The first-order chi connectivity index (χ1) is 20.1. The van der Waals surface area contributed by atoms with Crippen LogP contribution in [0.15, 0.2) is 114 Å². The van der Waals surface area contributed by atoms with Crippen LogP contribution in [0.1, 0.15) is 58.6 Å². The van der Waals surface area contributed by atoms with Crippen LogP contribution in [0.25, 0.3) is 6.08 Å². The zero-order chi connectivity index (χ0) is 27.7. The number of anilines is 4. The van der Waals surface area contributed by atoms with Gasteiger partial charge in [-0.2, -0.15) is 0 Å². The van der Waals surface area contributed by atoms with Crippen LogP contribution in [0, 0.1) is 19.8 Å². The van der Waals surface area contributed by atoms with Crippen molar-refractivity contribution in [1.29, 1.82) is 0 Å². The molecule has 0 saturated heterocycles. The average molecular weight is 533 g/mol. The molecular formula is C39H36N2. The molecule has 2 heteroatoms. The predicted molar refractivity (Wildman–Crippen MR) is 173 cm³/mol. The molecule has 3 unspecified atom stereocenters. The number of rotatable bonds is 4. The average Bonchev–Trinajstić information content (AvgIpc) is 3.42. The summed E-state index contributed by atoms with van der Waals surface area (Å²) in [5.41, 5.74) is 16.7. The molecular weight excluding hydrogens is 496 g/mol. The summed E-state index contributed by atoms with van der Waals surface area (Å²) in [5.74, 6) is 1.20. The fourth-order valence-electron chi connectivity index (χ4n) is 7.78. The molecule has 41 heavy (non-hydrogen) atoms. The molecule has 0 amide bonds. The standard InChI is InChI=1S/C39H36N2/c1-25-8-15-31(16-9-25)41(32-17-10-26(2)11-18-32)36-21-13-29-12-19-33-35(40-23-22-28-6-4-5-7-34(28)40)20-14-30-24-27(3)37(36)39(29)38(30)33/h4-21,27,33,38H,22-24H2,1-3H3. The summed E-state index contributed by atoms with van der Waals surface area (Å²) < 4.78 is 0. The summed E-state index contributed by atoms with van der Waals surface area (Å²) in [4.78, 5) is 5.08. The molecule has 0 bridgehead atoms. The molecule has 4 aliphatic rings. The highest BCUT2D eigenvalue weighted by atomic mass is 15.2. The molecule has 202 valence electrons. The first-order valence-corrected chi connectivity index (χ1v) is 15.1. The van der Waals surface area contributed by atoms with E-state index in [4.69, 9.17) is 0 Å². The lowest BCUT2D eigenvalue weighted by Crippen LogP contribution is -2.34. The van der Waals surface area contributed by atoms with E-state index in [-0.39, 0.29) is 0 Å². The van der Waals surface area contributed by atoms with Gasteiger partial charge in [-0.25, -0.2) is 0 Å². The Kier molecular flexibility index (Phi) is 5.60. The zero-order valence-electron chi connectivity index (χ0n) is 24.1. The third-order valence-corrected chi connectivity index (χ3v) is 9.72. The van der Waals surface area contributed by atoms with Crippen molar-refractivity contribution < 1.29 is 0 Å². The Balaban J connectivity index is 1.29. The van der Waals surface area contributed by atoms with Gasteiger partial charge in [0, 0.05) is 46.8 Å². The molecule has 0 radical (unpaired) electrons. The fourth-order valence-corrected chi connectivity index (χ4v) is 7.78. The first kappa shape index (κ1) is 24.5. The van der Waals surface area contributed by atoms with E-state index in [9.17, 15) is 0 Å². The van der Waals surface area contributed by atoms with E-state index in [2.05, 4.69) is 140 Å². The SMILES string of the molecule is Cc1ccc(N(c2ccc(C)cc2)c2ccc3c4c2C(C)CC2=CC=C(N5CCc6ccccc65)C(C=C3)C24)cc1. The topological polar surface area (TPSA) is 6.48 Å². The zero-order valence-corrected chi connectivity index (χ0v) is 24.1. The normalized spacial score (nSPS) is 21.6. The molecule has 1 heterocycles. The van der Waals surface area contributed by atoms with E-state index in [1.54, 1.807) is 11.1 Å². The van der Waals surface area contributed by atoms with Crippen LogP contribution < -0.4 is 9.80 Å². The Labute approximate surface area is 244 Å². The van der Waals surface area contributed by atoms with Gasteiger partial charge in [-0.05, 0) is 97.3 Å². The van der Waals surface area contributed by atoms with Crippen molar-refractivity contribution in [2.45, 2.75) is 45.4 Å². The van der Waals surface area contributed by atoms with Gasteiger partial charge >= 0.3 is 0 Å². The monoisotopic (exact) mass is 532 g/mol. The van der Waals surface area contributed by atoms with Crippen molar-refractivity contribution in [2.75, 3.05) is 16.3 Å². The van der Waals surface area contributed by atoms with Gasteiger partial charge in [-0.3, -0.25) is 0 Å². The summed E-state index contributed by atoms with van der Waals surface area (Å²) in [6.07, 6.45) is 12.0. The second-order valence-electron chi connectivity index (χ2n) is 12.3. The molecule has 0 fully saturated rings. The Morgan fingerprint density at radius 3 is 2.20 bits per heavy atom. The van der Waals surface area contributed by atoms with Crippen LogP contribution in [0.2, 0.25) is 0 Å². The van der Waals surface area contributed by atoms with E-state index < -0.39 is 0 Å². The Hall–Kier alpha value is -4.30. The lowest BCUT2D eigenvalue weighted by atomic mass is 9.62. The summed E-state index contributed by atoms with van der Waals surface area (Å²) in [5, 5.41) is 0. The van der Waals surface area contributed by atoms with Gasteiger partial charge in [0.05, 0.1) is 0 Å². The van der Waals surface area contributed by atoms with Crippen molar-refractivity contribution in [1.82, 2.24) is 0 Å².